The lowest BCUT2D eigenvalue weighted by Crippen LogP contribution is -2.43. The van der Waals surface area contributed by atoms with Crippen LogP contribution in [-0.4, -0.2) is 22.0 Å². The number of aromatic nitrogens is 1. The molecule has 0 bridgehead atoms. The first-order chi connectivity index (χ1) is 9.18. The predicted molar refractivity (Wildman–Crippen MR) is 77.7 cm³/mol. The molecule has 0 unspecified atom stereocenters. The normalized spacial score (nSPS) is 28.3. The Hall–Kier alpha value is -1.43. The van der Waals surface area contributed by atoms with E-state index in [1.165, 1.54) is 11.3 Å². The molecule has 1 amide bonds. The first kappa shape index (κ1) is 15.0. The minimum Gasteiger partial charge on any atom is -0.481 e. The van der Waals surface area contributed by atoms with Crippen molar-refractivity contribution in [2.45, 2.75) is 40.5 Å². The van der Waals surface area contributed by atoms with E-state index in [2.05, 4.69) is 10.3 Å². The molecule has 0 spiro atoms. The van der Waals surface area contributed by atoms with E-state index in [1.54, 1.807) is 6.92 Å². The van der Waals surface area contributed by atoms with Crippen LogP contribution in [0.4, 0.5) is 5.13 Å². The Labute approximate surface area is 122 Å². The zero-order valence-electron chi connectivity index (χ0n) is 12.2. The van der Waals surface area contributed by atoms with Gasteiger partial charge in [0.15, 0.2) is 5.13 Å². The van der Waals surface area contributed by atoms with Crippen molar-refractivity contribution in [1.29, 1.82) is 0 Å². The molecule has 20 heavy (non-hydrogen) atoms. The maximum absolute atomic E-state index is 12.4. The number of carbonyl (C=O) groups is 2. The van der Waals surface area contributed by atoms with Crippen molar-refractivity contribution in [3.05, 3.63) is 11.1 Å². The summed E-state index contributed by atoms with van der Waals surface area (Å²) in [6.07, 6.45) is 1.11. The zero-order valence-corrected chi connectivity index (χ0v) is 13.0. The SMILES string of the molecule is Cc1csc(NC(=O)[C@H]2CC[C@](C)(C(=O)O)C2(C)C)n1. The molecular weight excluding hydrogens is 276 g/mol. The summed E-state index contributed by atoms with van der Waals surface area (Å²) >= 11 is 1.38. The van der Waals surface area contributed by atoms with Crippen LogP contribution in [-0.2, 0) is 9.59 Å². The summed E-state index contributed by atoms with van der Waals surface area (Å²) in [6.45, 7) is 7.33. The fourth-order valence-corrected chi connectivity index (χ4v) is 3.64. The molecule has 0 aliphatic heterocycles. The second-order valence-electron chi connectivity index (χ2n) is 6.23. The molecule has 1 heterocycles. The fraction of sp³-hybridized carbons (Fsp3) is 0.643. The highest BCUT2D eigenvalue weighted by Crippen LogP contribution is 2.56. The number of rotatable bonds is 3. The molecule has 110 valence electrons. The number of nitrogens with one attached hydrogen (secondary N) is 1. The van der Waals surface area contributed by atoms with Gasteiger partial charge in [0.05, 0.1) is 11.1 Å². The largest absolute Gasteiger partial charge is 0.481 e. The molecule has 1 aromatic heterocycles. The van der Waals surface area contributed by atoms with Gasteiger partial charge in [0, 0.05) is 11.3 Å². The number of aryl methyl sites for hydroxylation is 1. The Bertz CT molecular complexity index is 552. The van der Waals surface area contributed by atoms with Crippen LogP contribution < -0.4 is 5.32 Å². The summed E-state index contributed by atoms with van der Waals surface area (Å²) in [5, 5.41) is 14.7. The zero-order chi connectivity index (χ0) is 15.1. The molecule has 1 aromatic rings. The number of carboxylic acid groups (broad SMARTS) is 1. The lowest BCUT2D eigenvalue weighted by molar-refractivity contribution is -0.154. The van der Waals surface area contributed by atoms with Gasteiger partial charge in [-0.15, -0.1) is 11.3 Å². The predicted octanol–water partition coefficient (Wildman–Crippen LogP) is 2.92. The first-order valence-corrected chi connectivity index (χ1v) is 7.53. The number of carboxylic acids is 1. The Morgan fingerprint density at radius 3 is 2.55 bits per heavy atom. The maximum atomic E-state index is 12.4. The number of nitrogens with zero attached hydrogens (tertiary/aromatic N) is 1. The minimum atomic E-state index is -0.867. The molecule has 2 rings (SSSR count). The van der Waals surface area contributed by atoms with Crippen molar-refractivity contribution < 1.29 is 14.7 Å². The third-order valence-electron chi connectivity index (χ3n) is 4.86. The molecule has 0 radical (unpaired) electrons. The summed E-state index contributed by atoms with van der Waals surface area (Å²) in [7, 11) is 0. The number of anilines is 1. The highest BCUT2D eigenvalue weighted by Gasteiger charge is 2.58. The summed E-state index contributed by atoms with van der Waals surface area (Å²) in [4.78, 5) is 28.2. The van der Waals surface area contributed by atoms with Gasteiger partial charge in [-0.05, 0) is 32.1 Å². The van der Waals surface area contributed by atoms with E-state index in [4.69, 9.17) is 0 Å². The fourth-order valence-electron chi connectivity index (χ4n) is 2.95. The van der Waals surface area contributed by atoms with Crippen molar-refractivity contribution in [1.82, 2.24) is 4.98 Å². The van der Waals surface area contributed by atoms with Crippen molar-refractivity contribution in [2.75, 3.05) is 5.32 Å². The first-order valence-electron chi connectivity index (χ1n) is 6.65. The maximum Gasteiger partial charge on any atom is 0.309 e. The van der Waals surface area contributed by atoms with Crippen LogP contribution in [0.15, 0.2) is 5.38 Å². The molecule has 1 fully saturated rings. The minimum absolute atomic E-state index is 0.130. The van der Waals surface area contributed by atoms with Crippen LogP contribution in [0.1, 0.15) is 39.3 Å². The second-order valence-corrected chi connectivity index (χ2v) is 7.09. The molecule has 2 atom stereocenters. The van der Waals surface area contributed by atoms with Gasteiger partial charge in [-0.1, -0.05) is 13.8 Å². The molecule has 1 aliphatic carbocycles. The molecule has 2 N–H and O–H groups in total. The van der Waals surface area contributed by atoms with E-state index >= 15 is 0 Å². The number of carbonyl (C=O) groups excluding carboxylic acids is 1. The van der Waals surface area contributed by atoms with Crippen LogP contribution in [0.5, 0.6) is 0 Å². The highest BCUT2D eigenvalue weighted by atomic mass is 32.1. The third kappa shape index (κ3) is 2.22. The third-order valence-corrected chi connectivity index (χ3v) is 5.74. The highest BCUT2D eigenvalue weighted by molar-refractivity contribution is 7.13. The molecule has 1 aliphatic rings. The van der Waals surface area contributed by atoms with Gasteiger partial charge in [-0.25, -0.2) is 4.98 Å². The van der Waals surface area contributed by atoms with Gasteiger partial charge in [-0.2, -0.15) is 0 Å². The Kier molecular flexibility index (Phi) is 3.62. The molecule has 1 saturated carbocycles. The van der Waals surface area contributed by atoms with E-state index in [1.807, 2.05) is 26.2 Å². The average molecular weight is 296 g/mol. The lowest BCUT2D eigenvalue weighted by atomic mass is 9.65. The van der Waals surface area contributed by atoms with Crippen molar-refractivity contribution in [3.63, 3.8) is 0 Å². The van der Waals surface area contributed by atoms with E-state index in [0.717, 1.165) is 5.69 Å². The van der Waals surface area contributed by atoms with Crippen LogP contribution in [0, 0.1) is 23.7 Å². The van der Waals surface area contributed by atoms with Crippen molar-refractivity contribution >= 4 is 28.3 Å². The number of thiazole rings is 1. The lowest BCUT2D eigenvalue weighted by Gasteiger charge is -2.37. The molecule has 6 heteroatoms. The van der Waals surface area contributed by atoms with Crippen molar-refractivity contribution in [3.8, 4) is 0 Å². The number of amides is 1. The van der Waals surface area contributed by atoms with E-state index in [0.29, 0.717) is 18.0 Å². The molecule has 0 saturated heterocycles. The summed E-state index contributed by atoms with van der Waals surface area (Å²) in [6, 6.07) is 0. The van der Waals surface area contributed by atoms with Crippen LogP contribution in [0.3, 0.4) is 0 Å². The number of hydrogen-bond acceptors (Lipinski definition) is 4. The Morgan fingerprint density at radius 1 is 1.45 bits per heavy atom. The van der Waals surface area contributed by atoms with Crippen molar-refractivity contribution in [2.24, 2.45) is 16.7 Å². The molecule has 0 aromatic carbocycles. The standard InChI is InChI=1S/C14H20N2O3S/c1-8-7-20-12(15-8)16-10(17)9-5-6-14(4,11(18)19)13(9,2)3/h7,9H,5-6H2,1-4H3,(H,18,19)(H,15,16,17)/t9-,14-/m1/s1. The summed E-state index contributed by atoms with van der Waals surface area (Å²) in [5.41, 5.74) is -0.588. The van der Waals surface area contributed by atoms with Gasteiger partial charge in [-0.3, -0.25) is 9.59 Å². The van der Waals surface area contributed by atoms with E-state index in [-0.39, 0.29) is 11.8 Å². The van der Waals surface area contributed by atoms with Gasteiger partial charge in [0.1, 0.15) is 0 Å². The van der Waals surface area contributed by atoms with Crippen LogP contribution >= 0.6 is 11.3 Å². The molecular formula is C14H20N2O3S. The Balaban J connectivity index is 2.18. The summed E-state index contributed by atoms with van der Waals surface area (Å²) in [5.74, 6) is -1.27. The van der Waals surface area contributed by atoms with Gasteiger partial charge in [0.2, 0.25) is 5.91 Å². The van der Waals surface area contributed by atoms with Gasteiger partial charge < -0.3 is 10.4 Å². The monoisotopic (exact) mass is 296 g/mol. The Morgan fingerprint density at radius 2 is 2.10 bits per heavy atom. The topological polar surface area (TPSA) is 79.3 Å². The van der Waals surface area contributed by atoms with Gasteiger partial charge >= 0.3 is 5.97 Å². The van der Waals surface area contributed by atoms with Crippen LogP contribution in [0.2, 0.25) is 0 Å². The average Bonchev–Trinajstić information content (AvgIpc) is 2.83. The van der Waals surface area contributed by atoms with Crippen LogP contribution in [0.25, 0.3) is 0 Å². The van der Waals surface area contributed by atoms with E-state index in [9.17, 15) is 14.7 Å². The second kappa shape index (κ2) is 4.84. The molecule has 5 nitrogen and oxygen atoms in total. The number of aliphatic carboxylic acids is 1. The smallest absolute Gasteiger partial charge is 0.309 e. The van der Waals surface area contributed by atoms with E-state index < -0.39 is 16.8 Å². The van der Waals surface area contributed by atoms with Gasteiger partial charge in [0.25, 0.3) is 0 Å². The quantitative estimate of drug-likeness (QED) is 0.899. The number of hydrogen-bond donors (Lipinski definition) is 2. The summed E-state index contributed by atoms with van der Waals surface area (Å²) < 4.78 is 0.